The van der Waals surface area contributed by atoms with Crippen LogP contribution in [0.15, 0.2) is 30.3 Å². The molecule has 2 nitrogen and oxygen atoms in total. The van der Waals surface area contributed by atoms with Gasteiger partial charge in [-0.05, 0) is 24.2 Å². The second-order valence-corrected chi connectivity index (χ2v) is 4.92. The third-order valence-corrected chi connectivity index (χ3v) is 3.23. The van der Waals surface area contributed by atoms with E-state index in [2.05, 4.69) is 24.3 Å². The van der Waals surface area contributed by atoms with Gasteiger partial charge in [0, 0.05) is 13.6 Å². The zero-order valence-corrected chi connectivity index (χ0v) is 10.8. The summed E-state index contributed by atoms with van der Waals surface area (Å²) in [6.07, 6.45) is 2.06. The average molecular weight is 237 g/mol. The fraction of sp³-hybridized carbons (Fsp3) is 0.462. The molecular weight excluding hydrogens is 218 g/mol. The Morgan fingerprint density at radius 2 is 2.00 bits per heavy atom. The van der Waals surface area contributed by atoms with Crippen molar-refractivity contribution in [3.63, 3.8) is 0 Å². The van der Waals surface area contributed by atoms with E-state index in [0.717, 1.165) is 25.1 Å². The maximum absolute atomic E-state index is 11.5. The van der Waals surface area contributed by atoms with Gasteiger partial charge in [-0.2, -0.15) is 0 Å². The van der Waals surface area contributed by atoms with Crippen molar-refractivity contribution in [3.8, 4) is 0 Å². The Kier molecular flexibility index (Phi) is 6.01. The molecule has 0 unspecified atom stereocenters. The van der Waals surface area contributed by atoms with Crippen molar-refractivity contribution in [2.24, 2.45) is 0 Å². The molecule has 0 N–H and O–H groups in total. The van der Waals surface area contributed by atoms with Crippen LogP contribution in [0.4, 0.5) is 4.79 Å². The van der Waals surface area contributed by atoms with E-state index in [1.807, 2.05) is 20.0 Å². The van der Waals surface area contributed by atoms with Crippen LogP contribution in [0.1, 0.15) is 18.9 Å². The quantitative estimate of drug-likeness (QED) is 0.782. The van der Waals surface area contributed by atoms with Crippen molar-refractivity contribution in [1.82, 2.24) is 4.90 Å². The lowest BCUT2D eigenvalue weighted by atomic mass is 10.1. The summed E-state index contributed by atoms with van der Waals surface area (Å²) in [6.45, 7) is 2.83. The van der Waals surface area contributed by atoms with Crippen molar-refractivity contribution in [1.29, 1.82) is 0 Å². The molecule has 1 aromatic carbocycles. The van der Waals surface area contributed by atoms with Crippen LogP contribution < -0.4 is 0 Å². The van der Waals surface area contributed by atoms with Gasteiger partial charge in [-0.1, -0.05) is 49.0 Å². The van der Waals surface area contributed by atoms with Gasteiger partial charge in [-0.25, -0.2) is 0 Å². The maximum atomic E-state index is 11.5. The molecule has 0 aromatic heterocycles. The minimum absolute atomic E-state index is 0.176. The first-order valence-corrected chi connectivity index (χ1v) is 6.64. The Hall–Kier alpha value is -0.960. The second kappa shape index (κ2) is 7.34. The zero-order chi connectivity index (χ0) is 11.8. The summed E-state index contributed by atoms with van der Waals surface area (Å²) >= 11 is 1.37. The van der Waals surface area contributed by atoms with Gasteiger partial charge in [0.05, 0.1) is 0 Å². The second-order valence-electron chi connectivity index (χ2n) is 3.71. The normalized spacial score (nSPS) is 10.1. The number of rotatable bonds is 5. The molecule has 0 bridgehead atoms. The highest BCUT2D eigenvalue weighted by molar-refractivity contribution is 8.13. The number of hydrogen-bond donors (Lipinski definition) is 0. The topological polar surface area (TPSA) is 20.3 Å². The lowest BCUT2D eigenvalue weighted by molar-refractivity contribution is 0.233. The lowest BCUT2D eigenvalue weighted by Crippen LogP contribution is -2.24. The summed E-state index contributed by atoms with van der Waals surface area (Å²) < 4.78 is 0. The first-order chi connectivity index (χ1) is 7.74. The first kappa shape index (κ1) is 13.1. The molecule has 88 valence electrons. The Morgan fingerprint density at radius 1 is 1.31 bits per heavy atom. The van der Waals surface area contributed by atoms with Crippen LogP contribution in [0.2, 0.25) is 0 Å². The molecule has 1 amide bonds. The molecule has 16 heavy (non-hydrogen) atoms. The third kappa shape index (κ3) is 4.71. The molecule has 0 atom stereocenters. The molecule has 0 aliphatic carbocycles. The molecule has 0 saturated carbocycles. The van der Waals surface area contributed by atoms with E-state index in [4.69, 9.17) is 0 Å². The van der Waals surface area contributed by atoms with E-state index in [-0.39, 0.29) is 5.24 Å². The van der Waals surface area contributed by atoms with Crippen molar-refractivity contribution >= 4 is 17.0 Å². The van der Waals surface area contributed by atoms with E-state index in [1.54, 1.807) is 4.90 Å². The van der Waals surface area contributed by atoms with Crippen LogP contribution in [-0.2, 0) is 6.42 Å². The molecule has 1 aromatic rings. The van der Waals surface area contributed by atoms with Crippen LogP contribution >= 0.6 is 11.8 Å². The molecule has 3 heteroatoms. The van der Waals surface area contributed by atoms with Crippen molar-refractivity contribution in [2.45, 2.75) is 19.8 Å². The van der Waals surface area contributed by atoms with Crippen LogP contribution in [-0.4, -0.2) is 29.5 Å². The van der Waals surface area contributed by atoms with Crippen molar-refractivity contribution in [2.75, 3.05) is 19.3 Å². The maximum Gasteiger partial charge on any atom is 0.281 e. The van der Waals surface area contributed by atoms with Crippen molar-refractivity contribution in [3.05, 3.63) is 35.9 Å². The van der Waals surface area contributed by atoms with E-state index >= 15 is 0 Å². The Bertz CT molecular complexity index is 313. The van der Waals surface area contributed by atoms with Crippen LogP contribution in [0.25, 0.3) is 0 Å². The number of carbonyl (C=O) groups is 1. The molecule has 0 aliphatic rings. The molecule has 0 fully saturated rings. The van der Waals surface area contributed by atoms with Crippen LogP contribution in [0.3, 0.4) is 0 Å². The smallest absolute Gasteiger partial charge is 0.281 e. The predicted molar refractivity (Wildman–Crippen MR) is 70.9 cm³/mol. The fourth-order valence-electron chi connectivity index (χ4n) is 1.49. The predicted octanol–water partition coefficient (Wildman–Crippen LogP) is 3.42. The molecule has 0 heterocycles. The van der Waals surface area contributed by atoms with Gasteiger partial charge in [0.2, 0.25) is 0 Å². The largest absolute Gasteiger partial charge is 0.337 e. The standard InChI is InChI=1S/C13H19NOS/c1-3-16-13(15)14(2)11-7-10-12-8-5-4-6-9-12/h4-6,8-9H,3,7,10-11H2,1-2H3. The summed E-state index contributed by atoms with van der Waals surface area (Å²) in [5.41, 5.74) is 1.34. The highest BCUT2D eigenvalue weighted by Gasteiger charge is 2.06. The highest BCUT2D eigenvalue weighted by atomic mass is 32.2. The van der Waals surface area contributed by atoms with E-state index in [0.29, 0.717) is 0 Å². The zero-order valence-electron chi connectivity index (χ0n) is 9.98. The number of amides is 1. The number of carbonyl (C=O) groups excluding carboxylic acids is 1. The Morgan fingerprint density at radius 3 is 2.62 bits per heavy atom. The number of thioether (sulfide) groups is 1. The van der Waals surface area contributed by atoms with E-state index < -0.39 is 0 Å². The van der Waals surface area contributed by atoms with Gasteiger partial charge in [0.15, 0.2) is 0 Å². The van der Waals surface area contributed by atoms with Gasteiger partial charge in [0.1, 0.15) is 0 Å². The fourth-order valence-corrected chi connectivity index (χ4v) is 2.05. The van der Waals surface area contributed by atoms with Gasteiger partial charge < -0.3 is 4.90 Å². The van der Waals surface area contributed by atoms with Gasteiger partial charge in [0.25, 0.3) is 5.24 Å². The highest BCUT2D eigenvalue weighted by Crippen LogP contribution is 2.08. The SMILES string of the molecule is CCSC(=O)N(C)CCCc1ccccc1. The summed E-state index contributed by atoms with van der Waals surface area (Å²) in [5, 5.41) is 0.176. The first-order valence-electron chi connectivity index (χ1n) is 5.66. The minimum Gasteiger partial charge on any atom is -0.337 e. The van der Waals surface area contributed by atoms with Crippen LogP contribution in [0.5, 0.6) is 0 Å². The monoisotopic (exact) mass is 237 g/mol. The molecular formula is C13H19NOS. The summed E-state index contributed by atoms with van der Waals surface area (Å²) in [6, 6.07) is 10.4. The summed E-state index contributed by atoms with van der Waals surface area (Å²) in [7, 11) is 1.87. The molecule has 0 radical (unpaired) electrons. The summed E-state index contributed by atoms with van der Waals surface area (Å²) in [4.78, 5) is 13.3. The lowest BCUT2D eigenvalue weighted by Gasteiger charge is -2.15. The van der Waals surface area contributed by atoms with Crippen LogP contribution in [0, 0.1) is 0 Å². The van der Waals surface area contributed by atoms with Gasteiger partial charge in [-0.3, -0.25) is 4.79 Å². The average Bonchev–Trinajstić information content (AvgIpc) is 2.30. The molecule has 0 aliphatic heterocycles. The van der Waals surface area contributed by atoms with Gasteiger partial charge in [-0.15, -0.1) is 0 Å². The van der Waals surface area contributed by atoms with Crippen molar-refractivity contribution < 1.29 is 4.79 Å². The Balaban J connectivity index is 2.23. The number of nitrogens with zero attached hydrogens (tertiary/aromatic N) is 1. The third-order valence-electron chi connectivity index (χ3n) is 2.38. The molecule has 0 saturated heterocycles. The molecule has 0 spiro atoms. The number of benzene rings is 1. The van der Waals surface area contributed by atoms with E-state index in [9.17, 15) is 4.79 Å². The number of aryl methyl sites for hydroxylation is 1. The Labute approximate surface area is 102 Å². The minimum atomic E-state index is 0.176. The van der Waals surface area contributed by atoms with Gasteiger partial charge >= 0.3 is 0 Å². The number of hydrogen-bond acceptors (Lipinski definition) is 2. The summed E-state index contributed by atoms with van der Waals surface area (Å²) in [5.74, 6) is 0.849. The van der Waals surface area contributed by atoms with E-state index in [1.165, 1.54) is 17.3 Å². The molecule has 1 rings (SSSR count).